The molecule has 4 unspecified atom stereocenters. The Bertz CT molecular complexity index is 1420. The summed E-state index contributed by atoms with van der Waals surface area (Å²) in [5.41, 5.74) is 2.60. The average Bonchev–Trinajstić information content (AvgIpc) is 3.20. The molecule has 1 aliphatic rings. The molecule has 0 aliphatic heterocycles. The quantitative estimate of drug-likeness (QED) is 0.285. The van der Waals surface area contributed by atoms with E-state index in [1.54, 1.807) is 26.2 Å². The lowest BCUT2D eigenvalue weighted by molar-refractivity contribution is -0.143. The van der Waals surface area contributed by atoms with Gasteiger partial charge in [0.2, 0.25) is 23.0 Å². The maximum Gasteiger partial charge on any atom is 0.326 e. The number of methoxy groups -OCH3 is 3. The Morgan fingerprint density at radius 1 is 1.00 bits per heavy atom. The van der Waals surface area contributed by atoms with E-state index in [4.69, 9.17) is 14.2 Å². The van der Waals surface area contributed by atoms with Gasteiger partial charge in [0, 0.05) is 12.5 Å². The number of aliphatic carboxylic acids is 1. The van der Waals surface area contributed by atoms with Crippen LogP contribution in [0.4, 0.5) is 5.69 Å². The number of ether oxygens (including phenoxy) is 3. The second-order valence-corrected chi connectivity index (χ2v) is 11.2. The highest BCUT2D eigenvalue weighted by Gasteiger charge is 2.32. The second kappa shape index (κ2) is 14.3. The number of carbonyl (C=O) groups excluding carboxylic acids is 2. The molecule has 0 saturated carbocycles. The van der Waals surface area contributed by atoms with Gasteiger partial charge >= 0.3 is 5.97 Å². The molecule has 43 heavy (non-hydrogen) atoms. The topological polar surface area (TPSA) is 152 Å². The number of rotatable bonds is 12. The molecule has 1 aliphatic carbocycles. The largest absolute Gasteiger partial charge is 0.493 e. The zero-order valence-electron chi connectivity index (χ0n) is 26.1. The monoisotopic (exact) mass is 597 g/mol. The minimum Gasteiger partial charge on any atom is -0.493 e. The molecular weight excluding hydrogens is 554 g/mol. The molecule has 2 aromatic carbocycles. The number of fused-ring (bicyclic) bond motifs is 3. The standard InChI is InChI=1S/C32H43N3O8/c1-9-17(4)28(32(39)40)35-31(38)27(16(2)3)34-23-13-11-20-21(15-24(23)37)22(33-18(5)36)12-10-19-14-25(41-6)29(42-7)30(43-8)26(19)20/h11,13-17,22,27-28H,9-10,12H2,1-8H3,(H,33,36)(H,34,37)(H,35,38)(H,39,40). The molecule has 11 nitrogen and oxygen atoms in total. The first-order valence-electron chi connectivity index (χ1n) is 14.5. The molecule has 0 fully saturated rings. The second-order valence-electron chi connectivity index (χ2n) is 11.2. The number of hydrogen-bond donors (Lipinski definition) is 4. The Labute approximate surface area is 252 Å². The summed E-state index contributed by atoms with van der Waals surface area (Å²) >= 11 is 0. The fraction of sp³-hybridized carbons (Fsp3) is 0.500. The molecule has 0 saturated heterocycles. The van der Waals surface area contributed by atoms with E-state index in [9.17, 15) is 24.3 Å². The summed E-state index contributed by atoms with van der Waals surface area (Å²) in [5, 5.41) is 18.4. The Morgan fingerprint density at radius 3 is 2.21 bits per heavy atom. The number of anilines is 1. The van der Waals surface area contributed by atoms with E-state index >= 15 is 0 Å². The van der Waals surface area contributed by atoms with Crippen LogP contribution in [0, 0.1) is 11.8 Å². The van der Waals surface area contributed by atoms with Gasteiger partial charge in [0.1, 0.15) is 12.1 Å². The van der Waals surface area contributed by atoms with Gasteiger partial charge in [0.05, 0.1) is 33.1 Å². The summed E-state index contributed by atoms with van der Waals surface area (Å²) in [6.45, 7) is 8.67. The Balaban J connectivity index is 2.20. The van der Waals surface area contributed by atoms with Crippen LogP contribution in [0.5, 0.6) is 17.2 Å². The van der Waals surface area contributed by atoms with Crippen LogP contribution in [0.2, 0.25) is 0 Å². The van der Waals surface area contributed by atoms with Gasteiger partial charge in [0.15, 0.2) is 11.5 Å². The number of benzene rings is 1. The molecule has 2 aromatic rings. The number of carbonyl (C=O) groups is 3. The number of aryl methyl sites for hydroxylation is 1. The number of carboxylic acids is 1. The first-order valence-corrected chi connectivity index (χ1v) is 14.5. The zero-order chi connectivity index (χ0) is 32.0. The van der Waals surface area contributed by atoms with E-state index in [1.807, 2.05) is 26.8 Å². The van der Waals surface area contributed by atoms with Crippen LogP contribution < -0.4 is 35.6 Å². The zero-order valence-corrected chi connectivity index (χ0v) is 26.1. The molecule has 0 bridgehead atoms. The van der Waals surface area contributed by atoms with E-state index in [0.29, 0.717) is 53.2 Å². The lowest BCUT2D eigenvalue weighted by Gasteiger charge is -2.26. The molecule has 0 spiro atoms. The fourth-order valence-corrected chi connectivity index (χ4v) is 5.46. The molecule has 2 amide bonds. The van der Waals surface area contributed by atoms with Crippen LogP contribution in [-0.2, 0) is 20.8 Å². The fourth-order valence-electron chi connectivity index (χ4n) is 5.46. The lowest BCUT2D eigenvalue weighted by atomic mass is 9.95. The van der Waals surface area contributed by atoms with Crippen LogP contribution in [0.3, 0.4) is 0 Å². The van der Waals surface area contributed by atoms with Gasteiger partial charge in [-0.15, -0.1) is 0 Å². The summed E-state index contributed by atoms with van der Waals surface area (Å²) in [7, 11) is 4.58. The molecule has 11 heteroatoms. The van der Waals surface area contributed by atoms with E-state index < -0.39 is 35.4 Å². The van der Waals surface area contributed by atoms with Gasteiger partial charge in [-0.05, 0) is 59.6 Å². The third-order valence-corrected chi connectivity index (χ3v) is 7.95. The van der Waals surface area contributed by atoms with Crippen LogP contribution in [0.25, 0.3) is 11.1 Å². The van der Waals surface area contributed by atoms with E-state index in [-0.39, 0.29) is 23.4 Å². The summed E-state index contributed by atoms with van der Waals surface area (Å²) in [6, 6.07) is 4.27. The van der Waals surface area contributed by atoms with Gasteiger partial charge in [-0.2, -0.15) is 0 Å². The summed E-state index contributed by atoms with van der Waals surface area (Å²) in [6.07, 6.45) is 1.64. The van der Waals surface area contributed by atoms with Crippen molar-refractivity contribution in [3.8, 4) is 28.4 Å². The smallest absolute Gasteiger partial charge is 0.326 e. The van der Waals surface area contributed by atoms with Crippen molar-refractivity contribution in [2.75, 3.05) is 26.6 Å². The third kappa shape index (κ3) is 7.21. The Morgan fingerprint density at radius 2 is 1.67 bits per heavy atom. The Kier molecular flexibility index (Phi) is 11.0. The molecule has 4 atom stereocenters. The van der Waals surface area contributed by atoms with Gasteiger partial charge in [-0.25, -0.2) is 4.79 Å². The summed E-state index contributed by atoms with van der Waals surface area (Å²) in [4.78, 5) is 51.1. The van der Waals surface area contributed by atoms with E-state index in [2.05, 4.69) is 16.0 Å². The molecule has 234 valence electrons. The average molecular weight is 598 g/mol. The van der Waals surface area contributed by atoms with E-state index in [1.165, 1.54) is 27.2 Å². The van der Waals surface area contributed by atoms with Crippen LogP contribution in [0.15, 0.2) is 29.1 Å². The molecule has 0 radical (unpaired) electrons. The molecule has 0 heterocycles. The lowest BCUT2D eigenvalue weighted by Crippen LogP contribution is -2.52. The number of amides is 2. The molecule has 3 rings (SSSR count). The van der Waals surface area contributed by atoms with Crippen molar-refractivity contribution in [3.63, 3.8) is 0 Å². The van der Waals surface area contributed by atoms with Crippen molar-refractivity contribution in [3.05, 3.63) is 45.6 Å². The van der Waals surface area contributed by atoms with E-state index in [0.717, 1.165) is 5.56 Å². The van der Waals surface area contributed by atoms with Gasteiger partial charge in [0.25, 0.3) is 0 Å². The first-order chi connectivity index (χ1) is 20.4. The van der Waals surface area contributed by atoms with Crippen LogP contribution >= 0.6 is 0 Å². The number of carboxylic acid groups (broad SMARTS) is 1. The predicted octanol–water partition coefficient (Wildman–Crippen LogP) is 3.92. The van der Waals surface area contributed by atoms with Crippen molar-refractivity contribution in [2.24, 2.45) is 11.8 Å². The Hall–Kier alpha value is -4.28. The highest BCUT2D eigenvalue weighted by Crippen LogP contribution is 2.50. The minimum atomic E-state index is -1.12. The SMILES string of the molecule is CCC(C)C(NC(=O)C(Nc1ccc2c(cc1=O)C(NC(C)=O)CCc1cc(OC)c(OC)c(OC)c1-2)C(C)C)C(=O)O. The number of hydrogen-bond acceptors (Lipinski definition) is 8. The van der Waals surface area contributed by atoms with Crippen molar-refractivity contribution < 1.29 is 33.7 Å². The molecular formula is C32H43N3O8. The van der Waals surface area contributed by atoms with Crippen molar-refractivity contribution in [1.82, 2.24) is 10.6 Å². The first kappa shape index (κ1) is 33.2. The number of nitrogens with one attached hydrogen (secondary N) is 3. The third-order valence-electron chi connectivity index (χ3n) is 7.95. The van der Waals surface area contributed by atoms with Gasteiger partial charge < -0.3 is 35.3 Å². The summed E-state index contributed by atoms with van der Waals surface area (Å²) in [5.74, 6) is -1.13. The van der Waals surface area contributed by atoms with Gasteiger partial charge in [-0.1, -0.05) is 40.2 Å². The molecule has 0 aromatic heterocycles. The maximum atomic E-state index is 13.7. The maximum absolute atomic E-state index is 13.7. The van der Waals surface area contributed by atoms with Crippen molar-refractivity contribution in [1.29, 1.82) is 0 Å². The summed E-state index contributed by atoms with van der Waals surface area (Å²) < 4.78 is 17.0. The van der Waals surface area contributed by atoms with Crippen LogP contribution in [-0.4, -0.2) is 56.3 Å². The van der Waals surface area contributed by atoms with Crippen LogP contribution in [0.1, 0.15) is 64.6 Å². The normalized spacial score (nSPS) is 16.0. The highest BCUT2D eigenvalue weighted by molar-refractivity contribution is 5.89. The highest BCUT2D eigenvalue weighted by atomic mass is 16.5. The predicted molar refractivity (Wildman–Crippen MR) is 164 cm³/mol. The van der Waals surface area contributed by atoms with Gasteiger partial charge in [-0.3, -0.25) is 14.4 Å². The van der Waals surface area contributed by atoms with Crippen molar-refractivity contribution >= 4 is 23.5 Å². The van der Waals surface area contributed by atoms with Crippen molar-refractivity contribution in [2.45, 2.75) is 72.0 Å². The molecule has 4 N–H and O–H groups in total. The minimum absolute atomic E-state index is 0.153.